The van der Waals surface area contributed by atoms with Crippen molar-refractivity contribution in [3.8, 4) is 5.75 Å². The molecule has 7 nitrogen and oxygen atoms in total. The maximum absolute atomic E-state index is 11.4. The molecular formula is C21H24N2O5. The second kappa shape index (κ2) is 10.2. The van der Waals surface area contributed by atoms with E-state index in [0.717, 1.165) is 28.2 Å². The monoisotopic (exact) mass is 384 g/mol. The summed E-state index contributed by atoms with van der Waals surface area (Å²) >= 11 is 0. The first-order valence-corrected chi connectivity index (χ1v) is 8.85. The zero-order valence-electron chi connectivity index (χ0n) is 16.0. The number of carboxylic acid groups (broad SMARTS) is 1. The lowest BCUT2D eigenvalue weighted by Crippen LogP contribution is -2.28. The van der Waals surface area contributed by atoms with Crippen LogP contribution in [0.3, 0.4) is 0 Å². The number of ether oxygens (including phenoxy) is 1. The van der Waals surface area contributed by atoms with Crippen LogP contribution in [-0.4, -0.2) is 48.6 Å². The van der Waals surface area contributed by atoms with Crippen LogP contribution in [0.25, 0.3) is 0 Å². The molecule has 0 bridgehead atoms. The van der Waals surface area contributed by atoms with Crippen LogP contribution >= 0.6 is 0 Å². The van der Waals surface area contributed by atoms with Gasteiger partial charge in [0.1, 0.15) is 12.3 Å². The van der Waals surface area contributed by atoms with Crippen molar-refractivity contribution in [1.82, 2.24) is 0 Å². The van der Waals surface area contributed by atoms with Crippen LogP contribution in [0.1, 0.15) is 24.5 Å². The zero-order chi connectivity index (χ0) is 20.5. The van der Waals surface area contributed by atoms with Crippen molar-refractivity contribution in [3.63, 3.8) is 0 Å². The first-order chi connectivity index (χ1) is 13.5. The highest BCUT2D eigenvalue weighted by Crippen LogP contribution is 2.32. The van der Waals surface area contributed by atoms with Crippen LogP contribution in [0, 0.1) is 0 Å². The Kier molecular flexibility index (Phi) is 7.71. The van der Waals surface area contributed by atoms with E-state index in [1.807, 2.05) is 31.2 Å². The Balaban J connectivity index is 2.37. The standard InChI is InChI=1S/C21H24N2O5/c1-15(17-7-5-16(6-8-17)4-3-11-24)22-19-10-9-18(28-2)12-20(19)23(14-25)13-21(26)27/h5-10,12,14,24H,3-4,11,13H2,1-2H3,(H,26,27). The largest absolute Gasteiger partial charge is 0.497 e. The number of amides is 1. The third-order valence-corrected chi connectivity index (χ3v) is 4.21. The van der Waals surface area contributed by atoms with Crippen molar-refractivity contribution in [2.24, 2.45) is 4.99 Å². The van der Waals surface area contributed by atoms with E-state index in [-0.39, 0.29) is 6.61 Å². The Labute approximate surface area is 163 Å². The quantitative estimate of drug-likeness (QED) is 0.485. The van der Waals surface area contributed by atoms with Gasteiger partial charge in [0.2, 0.25) is 6.41 Å². The number of benzene rings is 2. The van der Waals surface area contributed by atoms with E-state index in [2.05, 4.69) is 4.99 Å². The number of hydrogen-bond donors (Lipinski definition) is 2. The minimum Gasteiger partial charge on any atom is -0.497 e. The molecule has 2 aromatic carbocycles. The summed E-state index contributed by atoms with van der Waals surface area (Å²) in [5.41, 5.74) is 3.59. The Hall–Kier alpha value is -3.19. The van der Waals surface area contributed by atoms with E-state index in [0.29, 0.717) is 30.0 Å². The number of aliphatic hydroxyl groups is 1. The van der Waals surface area contributed by atoms with Crippen molar-refractivity contribution in [2.45, 2.75) is 19.8 Å². The van der Waals surface area contributed by atoms with Crippen LogP contribution in [0.5, 0.6) is 5.75 Å². The fourth-order valence-electron chi connectivity index (χ4n) is 2.72. The first kappa shape index (κ1) is 21.1. The molecule has 0 radical (unpaired) electrons. The van der Waals surface area contributed by atoms with Gasteiger partial charge < -0.3 is 19.8 Å². The molecule has 0 heterocycles. The Morgan fingerprint density at radius 3 is 2.50 bits per heavy atom. The van der Waals surface area contributed by atoms with Crippen molar-refractivity contribution in [1.29, 1.82) is 0 Å². The Morgan fingerprint density at radius 2 is 1.93 bits per heavy atom. The summed E-state index contributed by atoms with van der Waals surface area (Å²) in [6, 6.07) is 12.8. The molecule has 2 aromatic rings. The summed E-state index contributed by atoms with van der Waals surface area (Å²) in [5, 5.41) is 18.0. The van der Waals surface area contributed by atoms with E-state index in [1.54, 1.807) is 18.2 Å². The number of carbonyl (C=O) groups excluding carboxylic acids is 1. The molecule has 0 aliphatic heterocycles. The lowest BCUT2D eigenvalue weighted by Gasteiger charge is -2.18. The number of methoxy groups -OCH3 is 1. The maximum Gasteiger partial charge on any atom is 0.323 e. The number of anilines is 1. The highest BCUT2D eigenvalue weighted by molar-refractivity contribution is 6.01. The third kappa shape index (κ3) is 5.65. The van der Waals surface area contributed by atoms with E-state index in [4.69, 9.17) is 14.9 Å². The first-order valence-electron chi connectivity index (χ1n) is 8.85. The lowest BCUT2D eigenvalue weighted by molar-refractivity contribution is -0.136. The molecule has 0 atom stereocenters. The van der Waals surface area contributed by atoms with Gasteiger partial charge in [-0.25, -0.2) is 0 Å². The van der Waals surface area contributed by atoms with Crippen LogP contribution in [-0.2, 0) is 16.0 Å². The molecule has 1 amide bonds. The Morgan fingerprint density at radius 1 is 1.21 bits per heavy atom. The molecule has 0 saturated carbocycles. The molecule has 0 unspecified atom stereocenters. The second-order valence-electron chi connectivity index (χ2n) is 6.20. The van der Waals surface area contributed by atoms with Crippen molar-refractivity contribution in [3.05, 3.63) is 53.6 Å². The SMILES string of the molecule is COc1ccc(N=C(C)c2ccc(CCCO)cc2)c(N(C=O)CC(=O)O)c1. The topological polar surface area (TPSA) is 99.4 Å². The summed E-state index contributed by atoms with van der Waals surface area (Å²) in [7, 11) is 1.49. The third-order valence-electron chi connectivity index (χ3n) is 4.21. The second-order valence-corrected chi connectivity index (χ2v) is 6.20. The van der Waals surface area contributed by atoms with Crippen molar-refractivity contribution >= 4 is 29.5 Å². The van der Waals surface area contributed by atoms with Crippen LogP contribution in [0.2, 0.25) is 0 Å². The average Bonchev–Trinajstić information content (AvgIpc) is 2.71. The van der Waals surface area contributed by atoms with Crippen LogP contribution in [0.4, 0.5) is 11.4 Å². The summed E-state index contributed by atoms with van der Waals surface area (Å²) in [6.45, 7) is 1.53. The van der Waals surface area contributed by atoms with E-state index in [9.17, 15) is 9.59 Å². The lowest BCUT2D eigenvalue weighted by atomic mass is 10.1. The molecule has 28 heavy (non-hydrogen) atoms. The molecular weight excluding hydrogens is 360 g/mol. The number of hydrogen-bond acceptors (Lipinski definition) is 5. The fraction of sp³-hybridized carbons (Fsp3) is 0.286. The molecule has 7 heteroatoms. The number of carboxylic acids is 1. The predicted molar refractivity (Wildman–Crippen MR) is 108 cm³/mol. The van der Waals surface area contributed by atoms with Gasteiger partial charge in [-0.3, -0.25) is 14.6 Å². The van der Waals surface area contributed by atoms with Crippen molar-refractivity contribution in [2.75, 3.05) is 25.2 Å². The van der Waals surface area contributed by atoms with Gasteiger partial charge in [0, 0.05) is 18.4 Å². The molecule has 2 rings (SSSR count). The number of aliphatic carboxylic acids is 1. The molecule has 2 N–H and O–H groups in total. The van der Waals surface area contributed by atoms with E-state index >= 15 is 0 Å². The summed E-state index contributed by atoms with van der Waals surface area (Å²) in [5.74, 6) is -0.628. The fourth-order valence-corrected chi connectivity index (χ4v) is 2.72. The molecule has 0 aliphatic carbocycles. The van der Waals surface area contributed by atoms with Gasteiger partial charge in [-0.2, -0.15) is 0 Å². The number of aliphatic hydroxyl groups excluding tert-OH is 1. The highest BCUT2D eigenvalue weighted by atomic mass is 16.5. The molecule has 0 saturated heterocycles. The molecule has 0 aromatic heterocycles. The minimum absolute atomic E-state index is 0.159. The normalized spacial score (nSPS) is 11.2. The maximum atomic E-state index is 11.4. The summed E-state index contributed by atoms with van der Waals surface area (Å²) < 4.78 is 5.19. The average molecular weight is 384 g/mol. The van der Waals surface area contributed by atoms with Gasteiger partial charge in [-0.15, -0.1) is 0 Å². The van der Waals surface area contributed by atoms with Crippen LogP contribution < -0.4 is 9.64 Å². The smallest absolute Gasteiger partial charge is 0.323 e. The van der Waals surface area contributed by atoms with Gasteiger partial charge in [0.25, 0.3) is 0 Å². The van der Waals surface area contributed by atoms with E-state index < -0.39 is 12.5 Å². The van der Waals surface area contributed by atoms with Gasteiger partial charge in [-0.05, 0) is 43.0 Å². The van der Waals surface area contributed by atoms with Gasteiger partial charge >= 0.3 is 5.97 Å². The minimum atomic E-state index is -1.12. The number of aliphatic imine (C=N–C) groups is 1. The molecule has 0 aliphatic rings. The number of aryl methyl sites for hydroxylation is 1. The molecule has 0 spiro atoms. The highest BCUT2D eigenvalue weighted by Gasteiger charge is 2.15. The zero-order valence-corrected chi connectivity index (χ0v) is 16.0. The van der Waals surface area contributed by atoms with Gasteiger partial charge in [0.05, 0.1) is 18.5 Å². The molecule has 0 fully saturated rings. The number of rotatable bonds is 10. The number of carbonyl (C=O) groups is 2. The van der Waals surface area contributed by atoms with Crippen molar-refractivity contribution < 1.29 is 24.5 Å². The number of nitrogens with zero attached hydrogens (tertiary/aromatic N) is 2. The Bertz CT molecular complexity index is 846. The van der Waals surface area contributed by atoms with Gasteiger partial charge in [0.15, 0.2) is 0 Å². The van der Waals surface area contributed by atoms with Gasteiger partial charge in [-0.1, -0.05) is 24.3 Å². The molecule has 148 valence electrons. The summed E-state index contributed by atoms with van der Waals surface area (Å²) in [4.78, 5) is 28.2. The predicted octanol–water partition coefficient (Wildman–Crippen LogP) is 2.81. The van der Waals surface area contributed by atoms with E-state index in [1.165, 1.54) is 7.11 Å². The van der Waals surface area contributed by atoms with Crippen LogP contribution in [0.15, 0.2) is 47.5 Å². The summed E-state index contributed by atoms with van der Waals surface area (Å²) in [6.07, 6.45) is 1.99.